The second-order valence-corrected chi connectivity index (χ2v) is 9.35. The van der Waals surface area contributed by atoms with Crippen molar-refractivity contribution in [1.29, 1.82) is 0 Å². The highest BCUT2D eigenvalue weighted by molar-refractivity contribution is 7.91. The van der Waals surface area contributed by atoms with Gasteiger partial charge in [-0.05, 0) is 42.5 Å². The fraction of sp³-hybridized carbons (Fsp3) is 0.278. The first kappa shape index (κ1) is 19.1. The summed E-state index contributed by atoms with van der Waals surface area (Å²) in [5, 5.41) is 0.445. The second-order valence-electron chi connectivity index (χ2n) is 6.76. The summed E-state index contributed by atoms with van der Waals surface area (Å²) in [6.45, 7) is 0. The van der Waals surface area contributed by atoms with E-state index in [0.29, 0.717) is 10.7 Å². The predicted octanol–water partition coefficient (Wildman–Crippen LogP) is 3.97. The van der Waals surface area contributed by atoms with Gasteiger partial charge in [0, 0.05) is 16.4 Å². The summed E-state index contributed by atoms with van der Waals surface area (Å²) in [5.74, 6) is -0.550. The third-order valence-electron chi connectivity index (χ3n) is 4.93. The molecule has 0 radical (unpaired) electrons. The minimum Gasteiger partial charge on any atom is -0.288 e. The fourth-order valence-electron chi connectivity index (χ4n) is 3.74. The monoisotopic (exact) mass is 430 g/mol. The molecule has 5 nitrogen and oxygen atoms in total. The Morgan fingerprint density at radius 1 is 0.929 bits per heavy atom. The van der Waals surface area contributed by atoms with Gasteiger partial charge in [-0.3, -0.25) is 9.80 Å². The first-order valence-corrected chi connectivity index (χ1v) is 10.5. The third kappa shape index (κ3) is 3.22. The lowest BCUT2D eigenvalue weighted by Gasteiger charge is -2.23. The van der Waals surface area contributed by atoms with Gasteiger partial charge in [0.15, 0.2) is 9.84 Å². The van der Waals surface area contributed by atoms with Crippen LogP contribution in [0.5, 0.6) is 0 Å². The van der Waals surface area contributed by atoms with Crippen LogP contribution in [0.4, 0.5) is 29.3 Å². The van der Waals surface area contributed by atoms with E-state index in [1.165, 1.54) is 17.0 Å². The number of hydrogen-bond acceptors (Lipinski definition) is 3. The van der Waals surface area contributed by atoms with Crippen LogP contribution in [0.15, 0.2) is 48.5 Å². The highest BCUT2D eigenvalue weighted by Crippen LogP contribution is 2.40. The number of fused-ring (bicyclic) bond motifs is 1. The summed E-state index contributed by atoms with van der Waals surface area (Å²) >= 11 is 5.88. The van der Waals surface area contributed by atoms with Crippen molar-refractivity contribution in [1.82, 2.24) is 0 Å². The van der Waals surface area contributed by atoms with Crippen LogP contribution in [0.2, 0.25) is 5.02 Å². The molecule has 28 heavy (non-hydrogen) atoms. The molecule has 4 rings (SSSR count). The van der Waals surface area contributed by atoms with Crippen molar-refractivity contribution in [3.8, 4) is 0 Å². The zero-order valence-corrected chi connectivity index (χ0v) is 15.8. The first-order valence-electron chi connectivity index (χ1n) is 8.32. The SMILES string of the molecule is O=C1N(c2ccc(Cl)cc2)[C@H]2CS(=O)(=O)C[C@@H]2N1c1cccc(C(F)(F)F)c1. The number of hydrogen-bond donors (Lipinski definition) is 0. The molecule has 2 aromatic carbocycles. The Morgan fingerprint density at radius 3 is 2.07 bits per heavy atom. The van der Waals surface area contributed by atoms with Crippen molar-refractivity contribution in [3.05, 3.63) is 59.1 Å². The van der Waals surface area contributed by atoms with Crippen molar-refractivity contribution in [2.24, 2.45) is 0 Å². The molecular formula is C18H14ClF3N2O3S. The van der Waals surface area contributed by atoms with Crippen LogP contribution < -0.4 is 9.80 Å². The number of carbonyl (C=O) groups excluding carboxylic acids is 1. The second kappa shape index (κ2) is 6.38. The molecule has 2 saturated heterocycles. The molecule has 0 spiro atoms. The van der Waals surface area contributed by atoms with Gasteiger partial charge in [0.2, 0.25) is 0 Å². The van der Waals surface area contributed by atoms with Gasteiger partial charge in [-0.15, -0.1) is 0 Å². The summed E-state index contributed by atoms with van der Waals surface area (Å²) in [5.41, 5.74) is -0.445. The van der Waals surface area contributed by atoms with Gasteiger partial charge in [0.1, 0.15) is 0 Å². The van der Waals surface area contributed by atoms with Crippen molar-refractivity contribution in [2.75, 3.05) is 21.3 Å². The van der Waals surface area contributed by atoms with Crippen LogP contribution in [-0.2, 0) is 16.0 Å². The third-order valence-corrected chi connectivity index (χ3v) is 6.88. The number of sulfone groups is 1. The van der Waals surface area contributed by atoms with E-state index >= 15 is 0 Å². The van der Waals surface area contributed by atoms with E-state index in [4.69, 9.17) is 11.6 Å². The molecule has 0 aliphatic carbocycles. The summed E-state index contributed by atoms with van der Waals surface area (Å²) in [7, 11) is -3.44. The number of anilines is 2. The van der Waals surface area contributed by atoms with Crippen LogP contribution in [0.3, 0.4) is 0 Å². The highest BCUT2D eigenvalue weighted by Gasteiger charge is 2.54. The topological polar surface area (TPSA) is 57.7 Å². The Labute approximate surface area is 164 Å². The van der Waals surface area contributed by atoms with E-state index in [-0.39, 0.29) is 17.2 Å². The molecule has 148 valence electrons. The number of rotatable bonds is 2. The number of alkyl halides is 3. The molecule has 0 saturated carbocycles. The Kier molecular flexibility index (Phi) is 4.35. The van der Waals surface area contributed by atoms with E-state index in [2.05, 4.69) is 0 Å². The average Bonchev–Trinajstić information content (AvgIpc) is 3.04. The van der Waals surface area contributed by atoms with Crippen LogP contribution >= 0.6 is 11.6 Å². The van der Waals surface area contributed by atoms with E-state index in [9.17, 15) is 26.4 Å². The molecule has 2 heterocycles. The number of amides is 2. The molecule has 2 aromatic rings. The molecule has 2 fully saturated rings. The molecule has 2 aliphatic heterocycles. The maximum atomic E-state index is 13.1. The molecule has 10 heteroatoms. The van der Waals surface area contributed by atoms with Gasteiger partial charge in [-0.2, -0.15) is 13.2 Å². The van der Waals surface area contributed by atoms with Crippen molar-refractivity contribution < 1.29 is 26.4 Å². The van der Waals surface area contributed by atoms with Gasteiger partial charge < -0.3 is 0 Å². The minimum absolute atomic E-state index is 0.0170. The summed E-state index contributed by atoms with van der Waals surface area (Å²) < 4.78 is 63.7. The Morgan fingerprint density at radius 2 is 1.50 bits per heavy atom. The van der Waals surface area contributed by atoms with Crippen LogP contribution in [0.25, 0.3) is 0 Å². The van der Waals surface area contributed by atoms with Crippen molar-refractivity contribution in [2.45, 2.75) is 18.3 Å². The maximum absolute atomic E-state index is 13.1. The first-order chi connectivity index (χ1) is 13.1. The maximum Gasteiger partial charge on any atom is 0.416 e. The number of benzene rings is 2. The Balaban J connectivity index is 1.80. The Hall–Kier alpha value is -2.26. The van der Waals surface area contributed by atoms with Gasteiger partial charge >= 0.3 is 12.2 Å². The van der Waals surface area contributed by atoms with Gasteiger partial charge in [-0.25, -0.2) is 13.2 Å². The fourth-order valence-corrected chi connectivity index (χ4v) is 5.79. The summed E-state index contributed by atoms with van der Waals surface area (Å²) in [4.78, 5) is 15.6. The molecule has 0 aromatic heterocycles. The normalized spacial score (nSPS) is 23.9. The average molecular weight is 431 g/mol. The van der Waals surface area contributed by atoms with Crippen LogP contribution in [-0.4, -0.2) is 38.0 Å². The molecule has 0 bridgehead atoms. The van der Waals surface area contributed by atoms with E-state index in [0.717, 1.165) is 17.0 Å². The van der Waals surface area contributed by atoms with Crippen LogP contribution in [0, 0.1) is 0 Å². The number of nitrogens with zero attached hydrogens (tertiary/aromatic N) is 2. The van der Waals surface area contributed by atoms with Crippen molar-refractivity contribution in [3.63, 3.8) is 0 Å². The molecular weight excluding hydrogens is 417 g/mol. The predicted molar refractivity (Wildman–Crippen MR) is 99.5 cm³/mol. The van der Waals surface area contributed by atoms with Crippen LogP contribution in [0.1, 0.15) is 5.56 Å². The zero-order valence-electron chi connectivity index (χ0n) is 14.2. The highest BCUT2D eigenvalue weighted by atomic mass is 35.5. The van der Waals surface area contributed by atoms with E-state index in [1.807, 2.05) is 0 Å². The lowest BCUT2D eigenvalue weighted by atomic mass is 10.1. The minimum atomic E-state index is -4.57. The number of carbonyl (C=O) groups is 1. The molecule has 2 atom stereocenters. The lowest BCUT2D eigenvalue weighted by molar-refractivity contribution is -0.137. The Bertz CT molecular complexity index is 1040. The number of halogens is 4. The number of urea groups is 1. The largest absolute Gasteiger partial charge is 0.416 e. The van der Waals surface area contributed by atoms with Crippen molar-refractivity contribution >= 4 is 38.8 Å². The van der Waals surface area contributed by atoms with E-state index in [1.54, 1.807) is 24.3 Å². The quantitative estimate of drug-likeness (QED) is 0.677. The zero-order chi connectivity index (χ0) is 20.3. The van der Waals surface area contributed by atoms with E-state index < -0.39 is 39.7 Å². The summed E-state index contributed by atoms with van der Waals surface area (Å²) in [6, 6.07) is 8.63. The summed E-state index contributed by atoms with van der Waals surface area (Å²) in [6.07, 6.45) is -4.57. The standard InChI is InChI=1S/C18H14ClF3N2O3S/c19-12-4-6-13(7-5-12)23-15-9-28(26,27)10-16(15)24(17(23)25)14-3-1-2-11(8-14)18(20,21)22/h1-8,15-16H,9-10H2/t15-,16-/m0/s1. The molecule has 2 amide bonds. The van der Waals surface area contributed by atoms with Gasteiger partial charge in [0.05, 0.1) is 29.2 Å². The molecule has 0 N–H and O–H groups in total. The van der Waals surface area contributed by atoms with Gasteiger partial charge in [-0.1, -0.05) is 17.7 Å². The lowest BCUT2D eigenvalue weighted by Crippen LogP contribution is -2.38. The molecule has 2 aliphatic rings. The van der Waals surface area contributed by atoms with Gasteiger partial charge in [0.25, 0.3) is 0 Å². The molecule has 0 unspecified atom stereocenters. The smallest absolute Gasteiger partial charge is 0.288 e.